The Balaban J connectivity index is 1.36. The smallest absolute Gasteiger partial charge is 0.250 e. The molecule has 0 radical (unpaired) electrons. The van der Waals surface area contributed by atoms with Gasteiger partial charge in [0.25, 0.3) is 5.88 Å². The highest BCUT2D eigenvalue weighted by Crippen LogP contribution is 2.26. The summed E-state index contributed by atoms with van der Waals surface area (Å²) in [4.78, 5) is 21.1. The van der Waals surface area contributed by atoms with Gasteiger partial charge in [0.2, 0.25) is 5.91 Å². The first kappa shape index (κ1) is 17.8. The van der Waals surface area contributed by atoms with Crippen molar-refractivity contribution in [3.05, 3.63) is 54.5 Å². The van der Waals surface area contributed by atoms with E-state index in [0.717, 1.165) is 38.9 Å². The highest BCUT2D eigenvalue weighted by Gasteiger charge is 2.34. The molecular formula is C21H24FN3O2. The van der Waals surface area contributed by atoms with Gasteiger partial charge in [0.05, 0.1) is 12.5 Å². The first-order chi connectivity index (χ1) is 13.2. The maximum absolute atomic E-state index is 13.8. The van der Waals surface area contributed by atoms with Gasteiger partial charge in [-0.25, -0.2) is 9.37 Å². The molecule has 0 aliphatic carbocycles. The van der Waals surface area contributed by atoms with Crippen LogP contribution in [-0.2, 0) is 4.79 Å². The summed E-state index contributed by atoms with van der Waals surface area (Å²) in [6.45, 7) is 2.88. The number of anilines is 1. The van der Waals surface area contributed by atoms with Gasteiger partial charge in [-0.1, -0.05) is 18.2 Å². The molecule has 0 bridgehead atoms. The molecule has 142 valence electrons. The quantitative estimate of drug-likeness (QED) is 0.831. The second-order valence-electron chi connectivity index (χ2n) is 7.22. The molecule has 1 aromatic carbocycles. The van der Waals surface area contributed by atoms with E-state index in [1.165, 1.54) is 24.0 Å². The third-order valence-corrected chi connectivity index (χ3v) is 5.35. The number of hydrogen-bond acceptors (Lipinski definition) is 4. The minimum absolute atomic E-state index is 0.00976. The Morgan fingerprint density at radius 1 is 1.07 bits per heavy atom. The Labute approximate surface area is 158 Å². The lowest BCUT2D eigenvalue weighted by atomic mass is 10.0. The number of ether oxygens (including phenoxy) is 1. The first-order valence-corrected chi connectivity index (χ1v) is 9.56. The third kappa shape index (κ3) is 4.04. The fraction of sp³-hybridized carbons (Fsp3) is 0.429. The van der Waals surface area contributed by atoms with Gasteiger partial charge >= 0.3 is 0 Å². The average Bonchev–Trinajstić information content (AvgIpc) is 3.20. The van der Waals surface area contributed by atoms with E-state index in [1.807, 2.05) is 23.1 Å². The zero-order valence-electron chi connectivity index (χ0n) is 15.3. The first-order valence-electron chi connectivity index (χ1n) is 9.56. The van der Waals surface area contributed by atoms with Gasteiger partial charge in [0.15, 0.2) is 5.82 Å². The van der Waals surface area contributed by atoms with Crippen LogP contribution in [0.1, 0.15) is 19.3 Å². The molecule has 2 aliphatic heterocycles. The largest absolute Gasteiger partial charge is 0.470 e. The molecule has 5 nitrogen and oxygen atoms in total. The molecule has 3 heterocycles. The molecule has 0 spiro atoms. The van der Waals surface area contributed by atoms with Gasteiger partial charge in [-0.2, -0.15) is 0 Å². The molecule has 1 amide bonds. The normalized spacial score (nSPS) is 22.7. The summed E-state index contributed by atoms with van der Waals surface area (Å²) >= 11 is 0. The number of aromatic nitrogens is 1. The maximum atomic E-state index is 13.8. The molecule has 2 saturated heterocycles. The summed E-state index contributed by atoms with van der Waals surface area (Å²) in [5, 5.41) is 0. The molecule has 2 atom stereocenters. The van der Waals surface area contributed by atoms with Crippen molar-refractivity contribution in [2.45, 2.75) is 25.4 Å². The van der Waals surface area contributed by atoms with E-state index >= 15 is 0 Å². The standard InChI is InChI=1S/C21H24FN3O2/c22-19-9-4-11-23-20(19)27-18-8-5-12-25(15-18)21(26)16-10-13-24(14-16)17-6-2-1-3-7-17/h1-4,6-7,9,11,16,18H,5,8,10,12-15H2. The Hall–Kier alpha value is -2.63. The van der Waals surface area contributed by atoms with Crippen LogP contribution in [0.15, 0.2) is 48.7 Å². The highest BCUT2D eigenvalue weighted by atomic mass is 19.1. The molecule has 6 heteroatoms. The Bertz CT molecular complexity index is 786. The predicted octanol–water partition coefficient (Wildman–Crippen LogP) is 3.12. The average molecular weight is 369 g/mol. The minimum Gasteiger partial charge on any atom is -0.470 e. The van der Waals surface area contributed by atoms with E-state index < -0.39 is 5.82 Å². The van der Waals surface area contributed by atoms with Crippen LogP contribution in [0.4, 0.5) is 10.1 Å². The molecule has 2 fully saturated rings. The van der Waals surface area contributed by atoms with Crippen molar-refractivity contribution in [1.29, 1.82) is 0 Å². The number of benzene rings is 1. The summed E-state index contributed by atoms with van der Waals surface area (Å²) in [5.41, 5.74) is 1.17. The predicted molar refractivity (Wildman–Crippen MR) is 101 cm³/mol. The zero-order valence-corrected chi connectivity index (χ0v) is 15.3. The van der Waals surface area contributed by atoms with Crippen molar-refractivity contribution >= 4 is 11.6 Å². The van der Waals surface area contributed by atoms with Crippen molar-refractivity contribution in [1.82, 2.24) is 9.88 Å². The molecule has 1 aromatic heterocycles. The van der Waals surface area contributed by atoms with Gasteiger partial charge in [-0.15, -0.1) is 0 Å². The fourth-order valence-electron chi connectivity index (χ4n) is 3.94. The van der Waals surface area contributed by atoms with Crippen molar-refractivity contribution in [2.75, 3.05) is 31.1 Å². The van der Waals surface area contributed by atoms with Gasteiger partial charge < -0.3 is 14.5 Å². The highest BCUT2D eigenvalue weighted by molar-refractivity contribution is 5.80. The number of piperidine rings is 1. The van der Waals surface area contributed by atoms with Crippen LogP contribution in [0.3, 0.4) is 0 Å². The second-order valence-corrected chi connectivity index (χ2v) is 7.22. The SMILES string of the molecule is O=C(C1CCN(c2ccccc2)C1)N1CCCC(Oc2ncccc2F)C1. The lowest BCUT2D eigenvalue weighted by Crippen LogP contribution is -2.47. The van der Waals surface area contributed by atoms with Crippen LogP contribution in [0, 0.1) is 11.7 Å². The molecule has 2 aromatic rings. The van der Waals surface area contributed by atoms with Crippen LogP contribution in [0.25, 0.3) is 0 Å². The van der Waals surface area contributed by atoms with Crippen LogP contribution >= 0.6 is 0 Å². The van der Waals surface area contributed by atoms with Gasteiger partial charge in [0, 0.05) is 31.5 Å². The molecule has 27 heavy (non-hydrogen) atoms. The molecule has 4 rings (SSSR count). The van der Waals surface area contributed by atoms with Crippen molar-refractivity contribution in [3.63, 3.8) is 0 Å². The second kappa shape index (κ2) is 7.94. The zero-order chi connectivity index (χ0) is 18.6. The van der Waals surface area contributed by atoms with Crippen LogP contribution in [0.5, 0.6) is 5.88 Å². The lowest BCUT2D eigenvalue weighted by Gasteiger charge is -2.34. The summed E-state index contributed by atoms with van der Waals surface area (Å²) in [7, 11) is 0. The molecule has 2 unspecified atom stereocenters. The number of rotatable bonds is 4. The number of para-hydroxylation sites is 1. The Kier molecular flexibility index (Phi) is 5.23. The maximum Gasteiger partial charge on any atom is 0.250 e. The van der Waals surface area contributed by atoms with E-state index in [2.05, 4.69) is 22.0 Å². The van der Waals surface area contributed by atoms with Crippen molar-refractivity contribution < 1.29 is 13.9 Å². The van der Waals surface area contributed by atoms with Gasteiger partial charge in [-0.3, -0.25) is 4.79 Å². The van der Waals surface area contributed by atoms with E-state index in [-0.39, 0.29) is 23.8 Å². The lowest BCUT2D eigenvalue weighted by molar-refractivity contribution is -0.137. The molecule has 0 saturated carbocycles. The Morgan fingerprint density at radius 3 is 2.74 bits per heavy atom. The topological polar surface area (TPSA) is 45.7 Å². The van der Waals surface area contributed by atoms with Crippen molar-refractivity contribution in [3.8, 4) is 5.88 Å². The van der Waals surface area contributed by atoms with E-state index in [9.17, 15) is 9.18 Å². The minimum atomic E-state index is -0.463. The molecule has 2 aliphatic rings. The Morgan fingerprint density at radius 2 is 1.93 bits per heavy atom. The number of carbonyl (C=O) groups is 1. The summed E-state index contributed by atoms with van der Waals surface area (Å²) < 4.78 is 19.5. The fourth-order valence-corrected chi connectivity index (χ4v) is 3.94. The van der Waals surface area contributed by atoms with Gasteiger partial charge in [0.1, 0.15) is 6.10 Å². The van der Waals surface area contributed by atoms with E-state index in [4.69, 9.17) is 4.74 Å². The van der Waals surface area contributed by atoms with Gasteiger partial charge in [-0.05, 0) is 43.5 Å². The number of amides is 1. The number of halogens is 1. The van der Waals surface area contributed by atoms with Crippen LogP contribution in [0.2, 0.25) is 0 Å². The summed E-state index contributed by atoms with van der Waals surface area (Å²) in [5.74, 6) is -0.248. The summed E-state index contributed by atoms with van der Waals surface area (Å²) in [6, 6.07) is 13.1. The number of hydrogen-bond donors (Lipinski definition) is 0. The number of pyridine rings is 1. The number of carbonyl (C=O) groups excluding carboxylic acids is 1. The van der Waals surface area contributed by atoms with E-state index in [0.29, 0.717) is 6.54 Å². The molecular weight excluding hydrogens is 345 g/mol. The molecule has 0 N–H and O–H groups in total. The van der Waals surface area contributed by atoms with E-state index in [1.54, 1.807) is 0 Å². The van der Waals surface area contributed by atoms with Crippen LogP contribution < -0.4 is 9.64 Å². The summed E-state index contributed by atoms with van der Waals surface area (Å²) in [6.07, 6.45) is 3.84. The van der Waals surface area contributed by atoms with Crippen molar-refractivity contribution in [2.24, 2.45) is 5.92 Å². The van der Waals surface area contributed by atoms with Crippen LogP contribution in [-0.4, -0.2) is 48.1 Å². The number of nitrogens with zero attached hydrogens (tertiary/aromatic N) is 3. The third-order valence-electron chi connectivity index (χ3n) is 5.35. The number of likely N-dealkylation sites (tertiary alicyclic amines) is 1. The monoisotopic (exact) mass is 369 g/mol.